The van der Waals surface area contributed by atoms with Crippen molar-refractivity contribution in [2.24, 2.45) is 13.0 Å². The van der Waals surface area contributed by atoms with Gasteiger partial charge in [-0.1, -0.05) is 18.1 Å². The third-order valence-corrected chi connectivity index (χ3v) is 14.9. The highest BCUT2D eigenvalue weighted by Crippen LogP contribution is 2.57. The first-order chi connectivity index (χ1) is 31.2. The standard InChI is InChI=1S/C49H49FN10O5/c1-26-17-35(18-27(2)42(26)50)60-43(57-15-14-56(47(57)63)33-8-11-37-32(20-33)25-51-55(37)6)41-36(53-60)22-34-9-12-39(41)58(34)44(61)40-21-31-19-29(30-13-16-64-48(4,5)24-30)7-10-38(31)59(40)49(23-28(49)3)45-52-46(62)65-54-45/h7-8,10-11,14-15,17-21,25,28,30,34,39H,9,12-13,16,22-24H2,1-6H3,(H,52,54,62)/t28-,30-,34+,39-,49-/m0/s1. The molecular formula is C49H49FN10O5. The number of fused-ring (bicyclic) bond motifs is 6. The molecule has 1 aliphatic carbocycles. The van der Waals surface area contributed by atoms with Crippen LogP contribution in [0.25, 0.3) is 39.0 Å². The number of nitrogens with one attached hydrogen (secondary N) is 1. The smallest absolute Gasteiger partial charge is 0.376 e. The predicted molar refractivity (Wildman–Crippen MR) is 240 cm³/mol. The van der Waals surface area contributed by atoms with Crippen molar-refractivity contribution in [3.63, 3.8) is 0 Å². The van der Waals surface area contributed by atoms with E-state index in [9.17, 15) is 9.59 Å². The summed E-state index contributed by atoms with van der Waals surface area (Å²) in [5, 5.41) is 15.6. The van der Waals surface area contributed by atoms with Crippen LogP contribution in [0, 0.1) is 25.6 Å². The number of benzene rings is 3. The molecule has 8 heterocycles. The Morgan fingerprint density at radius 3 is 2.42 bits per heavy atom. The van der Waals surface area contributed by atoms with Gasteiger partial charge in [-0.15, -0.1) is 0 Å². The number of carbonyl (C=O) groups excluding carboxylic acids is 1. The molecular weight excluding hydrogens is 828 g/mol. The van der Waals surface area contributed by atoms with E-state index in [2.05, 4.69) is 58.8 Å². The van der Waals surface area contributed by atoms with Gasteiger partial charge in [-0.25, -0.2) is 18.7 Å². The maximum atomic E-state index is 15.8. The topological polar surface area (TPSA) is 156 Å². The first kappa shape index (κ1) is 39.8. The summed E-state index contributed by atoms with van der Waals surface area (Å²) < 4.78 is 35.2. The summed E-state index contributed by atoms with van der Waals surface area (Å²) in [5.41, 5.74) is 5.91. The Kier molecular flexibility index (Phi) is 8.47. The monoisotopic (exact) mass is 876 g/mol. The van der Waals surface area contributed by atoms with Gasteiger partial charge in [-0.2, -0.15) is 10.2 Å². The molecule has 2 bridgehead atoms. The number of aryl methyl sites for hydroxylation is 3. The zero-order chi connectivity index (χ0) is 44.8. The van der Waals surface area contributed by atoms with Gasteiger partial charge in [-0.05, 0) is 137 Å². The average Bonchev–Trinajstić information content (AvgIpc) is 3.98. The van der Waals surface area contributed by atoms with E-state index >= 15 is 9.18 Å². The molecule has 1 saturated carbocycles. The highest BCUT2D eigenvalue weighted by molar-refractivity contribution is 6.00. The van der Waals surface area contributed by atoms with Crippen LogP contribution >= 0.6 is 0 Å². The molecule has 0 unspecified atom stereocenters. The van der Waals surface area contributed by atoms with Crippen LogP contribution in [0.15, 0.2) is 87.3 Å². The van der Waals surface area contributed by atoms with Crippen LogP contribution in [-0.4, -0.2) is 72.5 Å². The van der Waals surface area contributed by atoms with Crippen molar-refractivity contribution in [1.29, 1.82) is 0 Å². The number of amides is 1. The van der Waals surface area contributed by atoms with Gasteiger partial charge in [0.05, 0.1) is 40.4 Å². The third kappa shape index (κ3) is 5.88. The first-order valence-corrected chi connectivity index (χ1v) is 22.5. The number of hydrogen-bond donors (Lipinski definition) is 1. The number of imidazole rings is 1. The molecule has 2 saturated heterocycles. The SMILES string of the molecule is Cc1cc(-n2nc3c(c2-n2ccn(-c4ccc5c(cnn5C)c4)c2=O)[C@@H]2CC[C@H](C3)N2C(=O)c2cc3cc([C@H]4CCOC(C)(C)C4)ccc3n2[C@@]2(c3noc(=O)[nH]3)C[C@@H]2C)cc(C)c1F. The van der Waals surface area contributed by atoms with Crippen molar-refractivity contribution in [3.8, 4) is 17.2 Å². The Morgan fingerprint density at radius 1 is 0.908 bits per heavy atom. The summed E-state index contributed by atoms with van der Waals surface area (Å²) in [7, 11) is 1.88. The van der Waals surface area contributed by atoms with Crippen molar-refractivity contribution in [3.05, 3.63) is 140 Å². The van der Waals surface area contributed by atoms with Gasteiger partial charge in [0, 0.05) is 60.4 Å². The van der Waals surface area contributed by atoms with E-state index in [1.54, 1.807) is 63.1 Å². The van der Waals surface area contributed by atoms with Gasteiger partial charge in [0.25, 0.3) is 5.91 Å². The molecule has 8 aromatic rings. The van der Waals surface area contributed by atoms with Crippen molar-refractivity contribution in [2.75, 3.05) is 6.61 Å². The molecule has 0 spiro atoms. The normalized spacial score (nSPS) is 23.5. The predicted octanol–water partition coefficient (Wildman–Crippen LogP) is 7.45. The van der Waals surface area contributed by atoms with Gasteiger partial charge < -0.3 is 14.2 Å². The summed E-state index contributed by atoms with van der Waals surface area (Å²) in [6, 6.07) is 17.2. The minimum atomic E-state index is -0.815. The van der Waals surface area contributed by atoms with Crippen molar-refractivity contribution >= 4 is 27.7 Å². The number of nitrogens with zero attached hydrogens (tertiary/aromatic N) is 9. The van der Waals surface area contributed by atoms with Crippen molar-refractivity contribution < 1.29 is 18.4 Å². The Hall–Kier alpha value is -6.81. The molecule has 1 N–H and O–H groups in total. The Balaban J connectivity index is 1.02. The van der Waals surface area contributed by atoms with E-state index in [0.29, 0.717) is 71.6 Å². The fourth-order valence-corrected chi connectivity index (χ4v) is 11.6. The van der Waals surface area contributed by atoms with Crippen LogP contribution in [0.1, 0.15) is 109 Å². The summed E-state index contributed by atoms with van der Waals surface area (Å²) in [6.07, 6.45) is 9.54. The number of H-pyrrole nitrogens is 1. The number of hydrogen-bond acceptors (Lipinski definition) is 8. The zero-order valence-corrected chi connectivity index (χ0v) is 37.1. The van der Waals surface area contributed by atoms with E-state index in [-0.39, 0.29) is 35.0 Å². The number of aromatic amines is 1. The molecule has 1 amide bonds. The summed E-state index contributed by atoms with van der Waals surface area (Å²) in [5.74, 6) is 0.133. The Morgan fingerprint density at radius 2 is 1.68 bits per heavy atom. The van der Waals surface area contributed by atoms with E-state index in [1.165, 1.54) is 5.56 Å². The van der Waals surface area contributed by atoms with Crippen molar-refractivity contribution in [2.45, 2.75) is 102 Å². The molecule has 65 heavy (non-hydrogen) atoms. The molecule has 0 radical (unpaired) electrons. The van der Waals surface area contributed by atoms with Gasteiger partial charge >= 0.3 is 11.4 Å². The largest absolute Gasteiger partial charge is 0.438 e. The maximum Gasteiger partial charge on any atom is 0.438 e. The van der Waals surface area contributed by atoms with Crippen LogP contribution in [0.2, 0.25) is 0 Å². The molecule has 5 atom stereocenters. The van der Waals surface area contributed by atoms with Crippen LogP contribution in [0.5, 0.6) is 0 Å². The second-order valence-corrected chi connectivity index (χ2v) is 19.4. The lowest BCUT2D eigenvalue weighted by atomic mass is 9.83. The Bertz CT molecular complexity index is 3390. The number of rotatable bonds is 7. The quantitative estimate of drug-likeness (QED) is 0.173. The molecule has 16 heteroatoms. The lowest BCUT2D eigenvalue weighted by molar-refractivity contribution is -0.0592. The molecule has 332 valence electrons. The molecule has 5 aromatic heterocycles. The van der Waals surface area contributed by atoms with Crippen LogP contribution < -0.4 is 11.4 Å². The molecule has 3 aliphatic heterocycles. The number of ether oxygens (including phenoxy) is 1. The molecule has 3 fully saturated rings. The fourth-order valence-electron chi connectivity index (χ4n) is 11.6. The van der Waals surface area contributed by atoms with Crippen LogP contribution in [-0.2, 0) is 23.7 Å². The highest BCUT2D eigenvalue weighted by Gasteiger charge is 2.59. The number of aromatic nitrogens is 9. The van der Waals surface area contributed by atoms with Crippen LogP contribution in [0.4, 0.5) is 4.39 Å². The Labute approximate surface area is 372 Å². The van der Waals surface area contributed by atoms with Gasteiger partial charge in [0.2, 0.25) is 0 Å². The first-order valence-electron chi connectivity index (χ1n) is 22.5. The summed E-state index contributed by atoms with van der Waals surface area (Å²) >= 11 is 0. The molecule has 4 aliphatic rings. The second-order valence-electron chi connectivity index (χ2n) is 19.4. The maximum absolute atomic E-state index is 15.8. The van der Waals surface area contributed by atoms with Gasteiger partial charge in [-0.3, -0.25) is 28.1 Å². The number of halogens is 1. The molecule has 15 nitrogen and oxygen atoms in total. The molecule has 3 aromatic carbocycles. The van der Waals surface area contributed by atoms with Crippen molar-refractivity contribution in [1.82, 2.24) is 48.3 Å². The average molecular weight is 877 g/mol. The lowest BCUT2D eigenvalue weighted by Gasteiger charge is -2.36. The zero-order valence-electron chi connectivity index (χ0n) is 37.1. The van der Waals surface area contributed by atoms with E-state index in [1.807, 2.05) is 36.2 Å². The fraction of sp³-hybridized carbons (Fsp3) is 0.388. The number of carbonyl (C=O) groups is 1. The molecule has 12 rings (SSSR count). The minimum Gasteiger partial charge on any atom is -0.376 e. The van der Waals surface area contributed by atoms with E-state index in [0.717, 1.165) is 52.3 Å². The minimum absolute atomic E-state index is 0.0354. The summed E-state index contributed by atoms with van der Waals surface area (Å²) in [4.78, 5) is 47.9. The van der Waals surface area contributed by atoms with Gasteiger partial charge in [0.1, 0.15) is 22.9 Å². The second kappa shape index (κ2) is 13.8. The third-order valence-electron chi connectivity index (χ3n) is 14.9. The van der Waals surface area contributed by atoms with E-state index in [4.69, 9.17) is 14.4 Å². The van der Waals surface area contributed by atoms with Gasteiger partial charge in [0.15, 0.2) is 5.82 Å². The lowest BCUT2D eigenvalue weighted by Crippen LogP contribution is -2.43. The van der Waals surface area contributed by atoms with E-state index < -0.39 is 17.3 Å². The van der Waals surface area contributed by atoms with Crippen LogP contribution in [0.3, 0.4) is 0 Å². The summed E-state index contributed by atoms with van der Waals surface area (Å²) in [6.45, 7) is 10.5. The highest BCUT2D eigenvalue weighted by atomic mass is 19.1.